The molecule has 0 aromatic heterocycles. The smallest absolute Gasteiger partial charge is 0.258 e. The van der Waals surface area contributed by atoms with E-state index in [0.29, 0.717) is 11.1 Å². The van der Waals surface area contributed by atoms with Crippen LogP contribution < -0.4 is 0 Å². The Kier molecular flexibility index (Phi) is 5.58. The van der Waals surface area contributed by atoms with Gasteiger partial charge in [0.2, 0.25) is 0 Å². The van der Waals surface area contributed by atoms with Crippen LogP contribution >= 0.6 is 39.3 Å². The van der Waals surface area contributed by atoms with Gasteiger partial charge in [0.1, 0.15) is 0 Å². The molecular formula is C10H11BrClNO2S. The Morgan fingerprint density at radius 3 is 2.81 bits per heavy atom. The summed E-state index contributed by atoms with van der Waals surface area (Å²) in [5.74, 6) is 0.624. The molecule has 1 aromatic rings. The number of thioether (sulfide) groups is 1. The van der Waals surface area contributed by atoms with E-state index in [-0.39, 0.29) is 5.69 Å². The van der Waals surface area contributed by atoms with Crippen molar-refractivity contribution in [1.29, 1.82) is 0 Å². The highest BCUT2D eigenvalue weighted by atomic mass is 79.9. The Hall–Kier alpha value is -0.260. The van der Waals surface area contributed by atoms with Crippen molar-refractivity contribution in [1.82, 2.24) is 0 Å². The molecule has 0 fully saturated rings. The minimum atomic E-state index is -0.401. The maximum atomic E-state index is 10.5. The zero-order chi connectivity index (χ0) is 12.1. The highest BCUT2D eigenvalue weighted by Gasteiger charge is 2.11. The largest absolute Gasteiger partial charge is 0.270 e. The predicted octanol–water partition coefficient (Wildman–Crippen LogP) is 4.47. The number of nitrogens with zero attached hydrogens (tertiary/aromatic N) is 1. The lowest BCUT2D eigenvalue weighted by atomic mass is 10.3. The molecule has 0 heterocycles. The van der Waals surface area contributed by atoms with Gasteiger partial charge in [0.25, 0.3) is 5.69 Å². The van der Waals surface area contributed by atoms with E-state index in [1.165, 1.54) is 12.1 Å². The predicted molar refractivity (Wildman–Crippen MR) is 71.5 cm³/mol. The van der Waals surface area contributed by atoms with Crippen molar-refractivity contribution < 1.29 is 4.92 Å². The minimum absolute atomic E-state index is 0.0984. The molecule has 0 aliphatic heterocycles. The Bertz CT molecular complexity index is 389. The Balaban J connectivity index is 2.79. The fourth-order valence-electron chi connectivity index (χ4n) is 1.13. The van der Waals surface area contributed by atoms with Crippen molar-refractivity contribution in [3.8, 4) is 0 Å². The third-order valence-corrected chi connectivity index (χ3v) is 4.35. The molecule has 16 heavy (non-hydrogen) atoms. The van der Waals surface area contributed by atoms with Crippen LogP contribution in [-0.2, 0) is 0 Å². The van der Waals surface area contributed by atoms with Gasteiger partial charge in [-0.15, -0.1) is 23.4 Å². The lowest BCUT2D eigenvalue weighted by Gasteiger charge is -2.10. The van der Waals surface area contributed by atoms with E-state index in [4.69, 9.17) is 11.6 Å². The van der Waals surface area contributed by atoms with E-state index in [9.17, 15) is 10.1 Å². The quantitative estimate of drug-likeness (QED) is 0.347. The summed E-state index contributed by atoms with van der Waals surface area (Å²) in [7, 11) is 0. The molecule has 0 aliphatic carbocycles. The molecule has 6 heteroatoms. The van der Waals surface area contributed by atoms with Crippen LogP contribution in [0.3, 0.4) is 0 Å². The van der Waals surface area contributed by atoms with Crippen LogP contribution in [0.5, 0.6) is 0 Å². The van der Waals surface area contributed by atoms with E-state index in [2.05, 4.69) is 22.9 Å². The zero-order valence-corrected chi connectivity index (χ0v) is 11.8. The van der Waals surface area contributed by atoms with E-state index >= 15 is 0 Å². The average molecular weight is 325 g/mol. The van der Waals surface area contributed by atoms with Gasteiger partial charge in [-0.3, -0.25) is 10.1 Å². The van der Waals surface area contributed by atoms with Crippen molar-refractivity contribution >= 4 is 45.0 Å². The summed E-state index contributed by atoms with van der Waals surface area (Å²) in [5, 5.41) is 10.9. The molecule has 1 atom stereocenters. The van der Waals surface area contributed by atoms with Gasteiger partial charge in [-0.05, 0) is 28.4 Å². The van der Waals surface area contributed by atoms with E-state index in [1.54, 1.807) is 17.8 Å². The van der Waals surface area contributed by atoms with Crippen LogP contribution in [-0.4, -0.2) is 16.1 Å². The number of halogens is 2. The second kappa shape index (κ2) is 6.47. The fourth-order valence-corrected chi connectivity index (χ4v) is 3.22. The fraction of sp³-hybridized carbons (Fsp3) is 0.400. The monoisotopic (exact) mass is 323 g/mol. The first-order valence-electron chi connectivity index (χ1n) is 4.71. The van der Waals surface area contributed by atoms with Crippen molar-refractivity contribution in [2.75, 3.05) is 5.88 Å². The van der Waals surface area contributed by atoms with E-state index < -0.39 is 4.92 Å². The van der Waals surface area contributed by atoms with Gasteiger partial charge in [-0.1, -0.05) is 6.92 Å². The summed E-state index contributed by atoms with van der Waals surface area (Å²) in [6.45, 7) is 2.08. The molecule has 0 saturated carbocycles. The van der Waals surface area contributed by atoms with Crippen molar-refractivity contribution in [2.24, 2.45) is 0 Å². The van der Waals surface area contributed by atoms with Gasteiger partial charge in [0, 0.05) is 32.6 Å². The molecule has 1 unspecified atom stereocenters. The maximum absolute atomic E-state index is 10.5. The van der Waals surface area contributed by atoms with E-state index in [0.717, 1.165) is 15.8 Å². The van der Waals surface area contributed by atoms with Gasteiger partial charge in [-0.25, -0.2) is 0 Å². The van der Waals surface area contributed by atoms with Crippen molar-refractivity contribution in [3.05, 3.63) is 32.8 Å². The van der Waals surface area contributed by atoms with Crippen LogP contribution in [0.4, 0.5) is 5.69 Å². The summed E-state index contributed by atoms with van der Waals surface area (Å²) in [4.78, 5) is 11.2. The second-order valence-corrected chi connectivity index (χ2v) is 5.99. The number of rotatable bonds is 5. The summed E-state index contributed by atoms with van der Waals surface area (Å²) in [6.07, 6.45) is 0.912. The molecule has 0 aliphatic rings. The Labute approximate surface area is 112 Å². The van der Waals surface area contributed by atoms with Gasteiger partial charge < -0.3 is 0 Å². The van der Waals surface area contributed by atoms with Gasteiger partial charge >= 0.3 is 0 Å². The number of nitro groups is 1. The molecule has 0 N–H and O–H groups in total. The molecular weight excluding hydrogens is 314 g/mol. The summed E-state index contributed by atoms with van der Waals surface area (Å²) in [6, 6.07) is 4.80. The number of benzene rings is 1. The number of hydrogen-bond donors (Lipinski definition) is 0. The highest BCUT2D eigenvalue weighted by molar-refractivity contribution is 9.10. The van der Waals surface area contributed by atoms with Gasteiger partial charge in [0.15, 0.2) is 0 Å². The van der Waals surface area contributed by atoms with Crippen LogP contribution in [0.25, 0.3) is 0 Å². The van der Waals surface area contributed by atoms with Crippen LogP contribution in [0.1, 0.15) is 13.3 Å². The number of non-ortho nitro benzene ring substituents is 1. The Morgan fingerprint density at radius 1 is 1.62 bits per heavy atom. The first-order valence-corrected chi connectivity index (χ1v) is 6.92. The maximum Gasteiger partial charge on any atom is 0.270 e. The molecule has 1 rings (SSSR count). The molecule has 88 valence electrons. The third kappa shape index (κ3) is 3.96. The lowest BCUT2D eigenvalue weighted by Crippen LogP contribution is -1.97. The van der Waals surface area contributed by atoms with Gasteiger partial charge in [0.05, 0.1) is 4.92 Å². The molecule has 0 radical (unpaired) electrons. The van der Waals surface area contributed by atoms with Gasteiger partial charge in [-0.2, -0.15) is 0 Å². The second-order valence-electron chi connectivity index (χ2n) is 3.28. The highest BCUT2D eigenvalue weighted by Crippen LogP contribution is 2.34. The zero-order valence-electron chi connectivity index (χ0n) is 8.65. The third-order valence-electron chi connectivity index (χ3n) is 1.97. The standard InChI is InChI=1S/C10H11BrClNO2S/c1-7(4-5-12)16-10-3-2-8(13(14)15)6-9(10)11/h2-3,6-7H,4-5H2,1H3. The molecule has 0 amide bonds. The molecule has 3 nitrogen and oxygen atoms in total. The molecule has 1 aromatic carbocycles. The average Bonchev–Trinajstić information content (AvgIpc) is 2.21. The Morgan fingerprint density at radius 2 is 2.31 bits per heavy atom. The molecule has 0 spiro atoms. The van der Waals surface area contributed by atoms with E-state index in [1.807, 2.05) is 0 Å². The topological polar surface area (TPSA) is 43.1 Å². The van der Waals surface area contributed by atoms with Crippen LogP contribution in [0.15, 0.2) is 27.6 Å². The summed E-state index contributed by atoms with van der Waals surface area (Å²) < 4.78 is 0.758. The normalized spacial score (nSPS) is 12.4. The first kappa shape index (κ1) is 13.8. The summed E-state index contributed by atoms with van der Waals surface area (Å²) in [5.41, 5.74) is 0.0984. The number of hydrogen-bond acceptors (Lipinski definition) is 3. The van der Waals surface area contributed by atoms with Crippen molar-refractivity contribution in [3.63, 3.8) is 0 Å². The SMILES string of the molecule is CC(CCCl)Sc1ccc([N+](=O)[O-])cc1Br. The number of alkyl halides is 1. The van der Waals surface area contributed by atoms with Crippen LogP contribution in [0, 0.1) is 10.1 Å². The van der Waals surface area contributed by atoms with Crippen molar-refractivity contribution in [2.45, 2.75) is 23.5 Å². The molecule has 0 saturated heterocycles. The first-order chi connectivity index (χ1) is 7.54. The minimum Gasteiger partial charge on any atom is -0.258 e. The summed E-state index contributed by atoms with van der Waals surface area (Å²) >= 11 is 10.7. The van der Waals surface area contributed by atoms with Crippen LogP contribution in [0.2, 0.25) is 0 Å². The number of nitro benzene ring substituents is 1. The lowest BCUT2D eigenvalue weighted by molar-refractivity contribution is -0.385. The molecule has 0 bridgehead atoms.